The highest BCUT2D eigenvalue weighted by molar-refractivity contribution is 7.13. The molecule has 0 aliphatic carbocycles. The van der Waals surface area contributed by atoms with Crippen LogP contribution >= 0.6 is 11.3 Å². The van der Waals surface area contributed by atoms with Crippen molar-refractivity contribution in [2.75, 3.05) is 11.9 Å². The maximum Gasteiger partial charge on any atom is 0.243 e. The van der Waals surface area contributed by atoms with Gasteiger partial charge in [0.2, 0.25) is 11.8 Å². The molecule has 0 fully saturated rings. The van der Waals surface area contributed by atoms with E-state index in [4.69, 9.17) is 0 Å². The molecule has 2 amide bonds. The third-order valence-corrected chi connectivity index (χ3v) is 5.24. The number of aryl methyl sites for hydroxylation is 3. The van der Waals surface area contributed by atoms with E-state index in [1.165, 1.54) is 11.3 Å². The molecule has 0 bridgehead atoms. The Balaban J connectivity index is 1.52. The van der Waals surface area contributed by atoms with Gasteiger partial charge in [-0.15, -0.1) is 11.3 Å². The van der Waals surface area contributed by atoms with E-state index in [1.54, 1.807) is 0 Å². The maximum absolute atomic E-state index is 12.2. The van der Waals surface area contributed by atoms with Crippen LogP contribution in [0.5, 0.6) is 0 Å². The Kier molecular flexibility index (Phi) is 6.21. The zero-order valence-electron chi connectivity index (χ0n) is 16.2. The molecule has 5 nitrogen and oxygen atoms in total. The van der Waals surface area contributed by atoms with Gasteiger partial charge in [0.05, 0.1) is 18.7 Å². The Hall–Kier alpha value is -2.99. The zero-order valence-corrected chi connectivity index (χ0v) is 17.0. The molecule has 144 valence electrons. The summed E-state index contributed by atoms with van der Waals surface area (Å²) in [6.45, 7) is 5.87. The van der Waals surface area contributed by atoms with Gasteiger partial charge in [-0.3, -0.25) is 9.59 Å². The molecule has 6 heteroatoms. The van der Waals surface area contributed by atoms with E-state index in [0.717, 1.165) is 32.9 Å². The van der Waals surface area contributed by atoms with Crippen LogP contribution in [-0.4, -0.2) is 23.3 Å². The van der Waals surface area contributed by atoms with Crippen molar-refractivity contribution in [1.29, 1.82) is 0 Å². The molecule has 0 spiro atoms. The largest absolute Gasteiger partial charge is 0.347 e. The van der Waals surface area contributed by atoms with Crippen molar-refractivity contribution in [3.05, 3.63) is 70.2 Å². The first kappa shape index (κ1) is 19.8. The fourth-order valence-electron chi connectivity index (χ4n) is 3.07. The third-order valence-electron chi connectivity index (χ3n) is 4.30. The van der Waals surface area contributed by atoms with Crippen molar-refractivity contribution in [2.24, 2.45) is 0 Å². The van der Waals surface area contributed by atoms with E-state index in [1.807, 2.05) is 68.6 Å². The van der Waals surface area contributed by atoms with Gasteiger partial charge in [-0.25, -0.2) is 4.98 Å². The molecule has 3 aromatic rings. The lowest BCUT2D eigenvalue weighted by atomic mass is 10.1. The molecule has 0 unspecified atom stereocenters. The Morgan fingerprint density at radius 1 is 1.00 bits per heavy atom. The van der Waals surface area contributed by atoms with Gasteiger partial charge in [0, 0.05) is 16.6 Å². The van der Waals surface area contributed by atoms with E-state index < -0.39 is 0 Å². The average molecular weight is 394 g/mol. The van der Waals surface area contributed by atoms with Gasteiger partial charge < -0.3 is 10.6 Å². The summed E-state index contributed by atoms with van der Waals surface area (Å²) in [5.74, 6) is -0.468. The van der Waals surface area contributed by atoms with E-state index in [-0.39, 0.29) is 24.8 Å². The molecular formula is C22H23N3O2S. The van der Waals surface area contributed by atoms with Crippen LogP contribution in [0.15, 0.2) is 47.8 Å². The maximum atomic E-state index is 12.2. The number of hydrogen-bond donors (Lipinski definition) is 2. The highest BCUT2D eigenvalue weighted by atomic mass is 32.1. The van der Waals surface area contributed by atoms with Crippen molar-refractivity contribution < 1.29 is 9.59 Å². The molecule has 2 N–H and O–H groups in total. The summed E-state index contributed by atoms with van der Waals surface area (Å²) in [6, 6.07) is 13.9. The first-order valence-electron chi connectivity index (χ1n) is 9.06. The Labute approximate surface area is 168 Å². The minimum Gasteiger partial charge on any atom is -0.347 e. The second kappa shape index (κ2) is 8.80. The van der Waals surface area contributed by atoms with Gasteiger partial charge >= 0.3 is 0 Å². The Morgan fingerprint density at radius 3 is 2.36 bits per heavy atom. The fourth-order valence-corrected chi connectivity index (χ4v) is 3.89. The number of thiazole rings is 1. The topological polar surface area (TPSA) is 71.1 Å². The highest BCUT2D eigenvalue weighted by Gasteiger charge is 2.12. The molecule has 0 saturated heterocycles. The average Bonchev–Trinajstić information content (AvgIpc) is 3.12. The standard InChI is InChI=1S/C22H23N3O2S/c1-14-9-15(2)21(16(3)10-14)25-20(27)12-23-19(26)11-18-13-28-22(24-18)17-7-5-4-6-8-17/h4-10,13H,11-12H2,1-3H3,(H,23,26)(H,25,27). The van der Waals surface area contributed by atoms with Crippen LogP contribution in [0, 0.1) is 20.8 Å². The molecule has 0 aliphatic heterocycles. The van der Waals surface area contributed by atoms with Crippen LogP contribution < -0.4 is 10.6 Å². The van der Waals surface area contributed by atoms with Crippen LogP contribution in [0.3, 0.4) is 0 Å². The smallest absolute Gasteiger partial charge is 0.243 e. The Morgan fingerprint density at radius 2 is 1.68 bits per heavy atom. The number of anilines is 1. The van der Waals surface area contributed by atoms with Crippen molar-refractivity contribution in [3.8, 4) is 10.6 Å². The molecule has 0 aliphatic rings. The molecule has 1 aromatic heterocycles. The quantitative estimate of drug-likeness (QED) is 0.664. The van der Waals surface area contributed by atoms with Gasteiger partial charge in [0.15, 0.2) is 0 Å². The molecule has 1 heterocycles. The second-order valence-corrected chi connectivity index (χ2v) is 7.64. The molecule has 0 saturated carbocycles. The molecule has 3 rings (SSSR count). The van der Waals surface area contributed by atoms with Crippen LogP contribution in [0.25, 0.3) is 10.6 Å². The summed E-state index contributed by atoms with van der Waals surface area (Å²) in [7, 11) is 0. The lowest BCUT2D eigenvalue weighted by Gasteiger charge is -2.13. The number of nitrogens with one attached hydrogen (secondary N) is 2. The predicted molar refractivity (Wildman–Crippen MR) is 114 cm³/mol. The van der Waals surface area contributed by atoms with Gasteiger partial charge in [0.25, 0.3) is 0 Å². The predicted octanol–water partition coefficient (Wildman–Crippen LogP) is 4.03. The molecule has 0 radical (unpaired) electrons. The molecule has 28 heavy (non-hydrogen) atoms. The van der Waals surface area contributed by atoms with Crippen molar-refractivity contribution in [3.63, 3.8) is 0 Å². The van der Waals surface area contributed by atoms with Crippen LogP contribution in [0.4, 0.5) is 5.69 Å². The van der Waals surface area contributed by atoms with E-state index in [9.17, 15) is 9.59 Å². The van der Waals surface area contributed by atoms with E-state index >= 15 is 0 Å². The van der Waals surface area contributed by atoms with Crippen molar-refractivity contribution in [1.82, 2.24) is 10.3 Å². The Bertz CT molecular complexity index is 973. The molecule has 0 atom stereocenters. The summed E-state index contributed by atoms with van der Waals surface area (Å²) >= 11 is 1.50. The third kappa shape index (κ3) is 5.04. The number of aromatic nitrogens is 1. The van der Waals surface area contributed by atoms with Crippen molar-refractivity contribution in [2.45, 2.75) is 27.2 Å². The van der Waals surface area contributed by atoms with E-state index in [0.29, 0.717) is 5.69 Å². The molecule has 2 aromatic carbocycles. The number of nitrogens with zero attached hydrogens (tertiary/aromatic N) is 1. The summed E-state index contributed by atoms with van der Waals surface area (Å²) in [4.78, 5) is 28.9. The normalized spacial score (nSPS) is 10.5. The minimum atomic E-state index is -0.244. The van der Waals surface area contributed by atoms with Gasteiger partial charge in [-0.1, -0.05) is 48.0 Å². The number of rotatable bonds is 6. The lowest BCUT2D eigenvalue weighted by molar-refractivity contribution is -0.123. The summed E-state index contributed by atoms with van der Waals surface area (Å²) in [5.41, 5.74) is 5.70. The summed E-state index contributed by atoms with van der Waals surface area (Å²) in [5, 5.41) is 8.30. The van der Waals surface area contributed by atoms with Crippen LogP contribution in [0.1, 0.15) is 22.4 Å². The van der Waals surface area contributed by atoms with Crippen LogP contribution in [-0.2, 0) is 16.0 Å². The number of carbonyl (C=O) groups is 2. The monoisotopic (exact) mass is 393 g/mol. The number of hydrogen-bond acceptors (Lipinski definition) is 4. The first-order chi connectivity index (χ1) is 13.4. The lowest BCUT2D eigenvalue weighted by Crippen LogP contribution is -2.34. The number of amides is 2. The SMILES string of the molecule is Cc1cc(C)c(NC(=O)CNC(=O)Cc2csc(-c3ccccc3)n2)c(C)c1. The van der Waals surface area contributed by atoms with E-state index in [2.05, 4.69) is 15.6 Å². The first-order valence-corrected chi connectivity index (χ1v) is 9.94. The van der Waals surface area contributed by atoms with Crippen LogP contribution in [0.2, 0.25) is 0 Å². The minimum absolute atomic E-state index is 0.0682. The van der Waals surface area contributed by atoms with Gasteiger partial charge in [0.1, 0.15) is 5.01 Å². The second-order valence-electron chi connectivity index (χ2n) is 6.79. The number of benzene rings is 2. The number of carbonyl (C=O) groups excluding carboxylic acids is 2. The van der Waals surface area contributed by atoms with Gasteiger partial charge in [-0.05, 0) is 31.9 Å². The zero-order chi connectivity index (χ0) is 20.1. The highest BCUT2D eigenvalue weighted by Crippen LogP contribution is 2.23. The molecular weight excluding hydrogens is 370 g/mol. The summed E-state index contributed by atoms with van der Waals surface area (Å²) in [6.07, 6.45) is 0.152. The van der Waals surface area contributed by atoms with Crippen molar-refractivity contribution >= 4 is 28.8 Å². The van der Waals surface area contributed by atoms with Gasteiger partial charge in [-0.2, -0.15) is 0 Å². The summed E-state index contributed by atoms with van der Waals surface area (Å²) < 4.78 is 0. The fraction of sp³-hybridized carbons (Fsp3) is 0.227.